The fourth-order valence-electron chi connectivity index (χ4n) is 2.48. The van der Waals surface area contributed by atoms with Gasteiger partial charge in [0.1, 0.15) is 0 Å². The molecule has 0 amide bonds. The smallest absolute Gasteiger partial charge is 0.212 e. The standard InChI is InChI=1S/C13H19ClN2O2S/c14-11-13(7-2-3-8-13)16-19(17,18)10-6-12-5-1-4-9-15-12/h1,4-5,9,16H,2-3,6-8,10-11H2. The average molecular weight is 303 g/mol. The number of nitrogens with one attached hydrogen (secondary N) is 1. The van der Waals surface area contributed by atoms with Crippen molar-refractivity contribution in [2.75, 3.05) is 11.6 Å². The van der Waals surface area contributed by atoms with Crippen LogP contribution in [0.1, 0.15) is 31.4 Å². The molecule has 1 aliphatic rings. The van der Waals surface area contributed by atoms with Crippen LogP contribution in [-0.2, 0) is 16.4 Å². The van der Waals surface area contributed by atoms with Gasteiger partial charge in [0, 0.05) is 29.7 Å². The first-order valence-electron chi connectivity index (χ1n) is 6.53. The van der Waals surface area contributed by atoms with Gasteiger partial charge in [0.05, 0.1) is 5.75 Å². The number of sulfonamides is 1. The Morgan fingerprint density at radius 2 is 2.05 bits per heavy atom. The van der Waals surface area contributed by atoms with Crippen molar-refractivity contribution in [1.82, 2.24) is 9.71 Å². The normalized spacial score (nSPS) is 18.6. The van der Waals surface area contributed by atoms with Crippen LogP contribution in [0.15, 0.2) is 24.4 Å². The molecule has 0 atom stereocenters. The van der Waals surface area contributed by atoms with Gasteiger partial charge in [-0.3, -0.25) is 4.98 Å². The predicted molar refractivity (Wildman–Crippen MR) is 76.8 cm³/mol. The molecule has 1 aliphatic carbocycles. The van der Waals surface area contributed by atoms with Crippen LogP contribution >= 0.6 is 11.6 Å². The minimum absolute atomic E-state index is 0.0582. The second-order valence-corrected chi connectivity index (χ2v) is 7.22. The van der Waals surface area contributed by atoms with Gasteiger partial charge in [0.2, 0.25) is 10.0 Å². The third kappa shape index (κ3) is 4.16. The molecule has 0 unspecified atom stereocenters. The van der Waals surface area contributed by atoms with E-state index in [1.165, 1.54) is 0 Å². The highest BCUT2D eigenvalue weighted by molar-refractivity contribution is 7.89. The fourth-order valence-corrected chi connectivity index (χ4v) is 4.41. The molecule has 0 saturated heterocycles. The summed E-state index contributed by atoms with van der Waals surface area (Å²) in [4.78, 5) is 4.13. The third-order valence-electron chi connectivity index (χ3n) is 3.54. The molecule has 1 heterocycles. The molecule has 1 N–H and O–H groups in total. The SMILES string of the molecule is O=S(=O)(CCc1ccccn1)NC1(CCl)CCCC1. The van der Waals surface area contributed by atoms with Gasteiger partial charge >= 0.3 is 0 Å². The van der Waals surface area contributed by atoms with Gasteiger partial charge in [-0.25, -0.2) is 13.1 Å². The highest BCUT2D eigenvalue weighted by Gasteiger charge is 2.36. The molecule has 6 heteroatoms. The van der Waals surface area contributed by atoms with Gasteiger partial charge < -0.3 is 0 Å². The zero-order valence-corrected chi connectivity index (χ0v) is 12.4. The van der Waals surface area contributed by atoms with Gasteiger partial charge in [0.25, 0.3) is 0 Å². The number of aryl methyl sites for hydroxylation is 1. The van der Waals surface area contributed by atoms with Crippen molar-refractivity contribution in [2.24, 2.45) is 0 Å². The first kappa shape index (κ1) is 14.8. The Kier molecular flexibility index (Phi) is 4.81. The quantitative estimate of drug-likeness (QED) is 0.819. The van der Waals surface area contributed by atoms with Crippen LogP contribution in [0.2, 0.25) is 0 Å². The Labute approximate surface area is 119 Å². The maximum absolute atomic E-state index is 12.1. The number of halogens is 1. The summed E-state index contributed by atoms with van der Waals surface area (Å²) >= 11 is 5.95. The van der Waals surface area contributed by atoms with Gasteiger partial charge in [-0.2, -0.15) is 0 Å². The summed E-state index contributed by atoms with van der Waals surface area (Å²) in [6.07, 6.45) is 5.84. The molecular weight excluding hydrogens is 284 g/mol. The summed E-state index contributed by atoms with van der Waals surface area (Å²) in [7, 11) is -3.31. The zero-order valence-electron chi connectivity index (χ0n) is 10.8. The van der Waals surface area contributed by atoms with Gasteiger partial charge in [-0.15, -0.1) is 11.6 Å². The Hall–Kier alpha value is -0.650. The van der Waals surface area contributed by atoms with E-state index in [1.54, 1.807) is 6.20 Å². The van der Waals surface area contributed by atoms with Gasteiger partial charge in [-0.05, 0) is 25.0 Å². The largest absolute Gasteiger partial charge is 0.261 e. The van der Waals surface area contributed by atoms with Crippen LogP contribution in [0.25, 0.3) is 0 Å². The summed E-state index contributed by atoms with van der Waals surface area (Å²) in [6, 6.07) is 5.51. The molecule has 1 aromatic rings. The minimum Gasteiger partial charge on any atom is -0.261 e. The molecule has 19 heavy (non-hydrogen) atoms. The Bertz CT molecular complexity index is 499. The van der Waals surface area contributed by atoms with Crippen molar-refractivity contribution in [1.29, 1.82) is 0 Å². The lowest BCUT2D eigenvalue weighted by Gasteiger charge is -2.27. The monoisotopic (exact) mass is 302 g/mol. The summed E-state index contributed by atoms with van der Waals surface area (Å²) in [5.41, 5.74) is 0.365. The lowest BCUT2D eigenvalue weighted by Crippen LogP contribution is -2.48. The van der Waals surface area contributed by atoms with E-state index in [0.717, 1.165) is 31.4 Å². The lowest BCUT2D eigenvalue weighted by atomic mass is 10.0. The molecule has 1 aromatic heterocycles. The summed E-state index contributed by atoms with van der Waals surface area (Å²) in [5, 5.41) is 0. The van der Waals surface area contributed by atoms with Crippen LogP contribution in [0, 0.1) is 0 Å². The molecule has 4 nitrogen and oxygen atoms in total. The van der Waals surface area contributed by atoms with Crippen molar-refractivity contribution >= 4 is 21.6 Å². The first-order valence-corrected chi connectivity index (χ1v) is 8.71. The number of hydrogen-bond acceptors (Lipinski definition) is 3. The number of nitrogens with zero attached hydrogens (tertiary/aromatic N) is 1. The van der Waals surface area contributed by atoms with E-state index in [1.807, 2.05) is 18.2 Å². The number of rotatable bonds is 6. The number of hydrogen-bond donors (Lipinski definition) is 1. The molecule has 0 bridgehead atoms. The van der Waals surface area contributed by atoms with Crippen molar-refractivity contribution in [2.45, 2.75) is 37.6 Å². The maximum atomic E-state index is 12.1. The summed E-state index contributed by atoms with van der Waals surface area (Å²) in [6.45, 7) is 0. The zero-order chi connectivity index (χ0) is 13.8. The van der Waals surface area contributed by atoms with Crippen molar-refractivity contribution in [3.63, 3.8) is 0 Å². The Morgan fingerprint density at radius 1 is 1.32 bits per heavy atom. The van der Waals surface area contributed by atoms with Crippen molar-refractivity contribution in [3.8, 4) is 0 Å². The van der Waals surface area contributed by atoms with Crippen LogP contribution in [-0.4, -0.2) is 30.6 Å². The highest BCUT2D eigenvalue weighted by atomic mass is 35.5. The second-order valence-electron chi connectivity index (χ2n) is 5.11. The molecule has 0 radical (unpaired) electrons. The van der Waals surface area contributed by atoms with E-state index >= 15 is 0 Å². The predicted octanol–water partition coefficient (Wildman–Crippen LogP) is 2.10. The molecule has 2 rings (SSSR count). The molecule has 1 saturated carbocycles. The molecule has 0 spiro atoms. The highest BCUT2D eigenvalue weighted by Crippen LogP contribution is 2.31. The van der Waals surface area contributed by atoms with E-state index in [-0.39, 0.29) is 5.75 Å². The number of aromatic nitrogens is 1. The van der Waals surface area contributed by atoms with E-state index in [4.69, 9.17) is 11.6 Å². The fraction of sp³-hybridized carbons (Fsp3) is 0.615. The van der Waals surface area contributed by atoms with Gasteiger partial charge in [-0.1, -0.05) is 18.9 Å². The van der Waals surface area contributed by atoms with E-state index < -0.39 is 15.6 Å². The third-order valence-corrected chi connectivity index (χ3v) is 5.54. The average Bonchev–Trinajstić information content (AvgIpc) is 2.86. The van der Waals surface area contributed by atoms with Crippen LogP contribution < -0.4 is 4.72 Å². The minimum atomic E-state index is -3.31. The molecule has 1 fully saturated rings. The summed E-state index contributed by atoms with van der Waals surface area (Å²) in [5.74, 6) is 0.401. The molecule has 0 aromatic carbocycles. The van der Waals surface area contributed by atoms with Gasteiger partial charge in [0.15, 0.2) is 0 Å². The topological polar surface area (TPSA) is 59.1 Å². The summed E-state index contributed by atoms with van der Waals surface area (Å²) < 4.78 is 27.1. The molecular formula is C13H19ClN2O2S. The van der Waals surface area contributed by atoms with E-state index in [2.05, 4.69) is 9.71 Å². The Balaban J connectivity index is 1.95. The van der Waals surface area contributed by atoms with Crippen molar-refractivity contribution in [3.05, 3.63) is 30.1 Å². The number of pyridine rings is 1. The second kappa shape index (κ2) is 6.20. The first-order chi connectivity index (χ1) is 9.05. The van der Waals surface area contributed by atoms with E-state index in [0.29, 0.717) is 12.3 Å². The van der Waals surface area contributed by atoms with Crippen molar-refractivity contribution < 1.29 is 8.42 Å². The molecule has 0 aliphatic heterocycles. The van der Waals surface area contributed by atoms with E-state index in [9.17, 15) is 8.42 Å². The Morgan fingerprint density at radius 3 is 2.63 bits per heavy atom. The molecule has 106 valence electrons. The lowest BCUT2D eigenvalue weighted by molar-refractivity contribution is 0.432. The van der Waals surface area contributed by atoms with Crippen LogP contribution in [0.4, 0.5) is 0 Å². The van der Waals surface area contributed by atoms with Crippen LogP contribution in [0.5, 0.6) is 0 Å². The maximum Gasteiger partial charge on any atom is 0.212 e. The number of alkyl halides is 1. The van der Waals surface area contributed by atoms with Crippen LogP contribution in [0.3, 0.4) is 0 Å².